The van der Waals surface area contributed by atoms with Crippen molar-refractivity contribution in [2.45, 2.75) is 45.4 Å². The molecule has 70 heavy (non-hydrogen) atoms. The van der Waals surface area contributed by atoms with Crippen LogP contribution in [-0.4, -0.2) is 6.85 Å². The van der Waals surface area contributed by atoms with Crippen LogP contribution in [0.5, 0.6) is 0 Å². The van der Waals surface area contributed by atoms with Crippen LogP contribution >= 0.6 is 0 Å². The Hall–Kier alpha value is -8.14. The maximum atomic E-state index is 2.73. The highest BCUT2D eigenvalue weighted by Crippen LogP contribution is 2.61. The quantitative estimate of drug-likeness (QED) is 0.153. The van der Waals surface area contributed by atoms with Gasteiger partial charge in [-0.3, -0.25) is 0 Å². The molecule has 0 radical (unpaired) electrons. The fourth-order valence-corrected chi connectivity index (χ4v) is 12.4. The van der Waals surface area contributed by atoms with Crippen LogP contribution in [0.25, 0.3) is 44.5 Å². The highest BCUT2D eigenvalue weighted by atomic mass is 15.2. The van der Waals surface area contributed by atoms with Gasteiger partial charge in [-0.05, 0) is 139 Å². The number of fused-ring (bicyclic) bond motifs is 6. The SMILES string of the molecule is Cc1cccc(C)c1-c1cc2c3c(c1)N(c1ccc(C(C)(C)C)cc1-c1ccccc1)c1cc(-c4ccccc4)ccc1B3N1c3ccccc3C(c3ccccc3)(c3ccccc3)c3cccc-2c31. The monoisotopic (exact) mass is 896 g/mol. The molecule has 13 rings (SSSR count). The van der Waals surface area contributed by atoms with E-state index in [0.717, 1.165) is 5.69 Å². The topological polar surface area (TPSA) is 6.48 Å². The molecule has 0 amide bonds. The molecule has 2 nitrogen and oxygen atoms in total. The summed E-state index contributed by atoms with van der Waals surface area (Å²) in [7, 11) is 0. The van der Waals surface area contributed by atoms with E-state index in [-0.39, 0.29) is 12.3 Å². The zero-order valence-electron chi connectivity index (χ0n) is 40.4. The summed E-state index contributed by atoms with van der Waals surface area (Å²) in [6.45, 7) is 11.3. The minimum Gasteiger partial charge on any atom is -0.376 e. The van der Waals surface area contributed by atoms with E-state index in [2.05, 4.69) is 275 Å². The molecule has 0 aromatic heterocycles. The lowest BCUT2D eigenvalue weighted by Crippen LogP contribution is -2.63. The normalized spacial score (nSPS) is 13.8. The van der Waals surface area contributed by atoms with Crippen LogP contribution < -0.4 is 20.6 Å². The smallest absolute Gasteiger partial charge is 0.333 e. The average Bonchev–Trinajstić information content (AvgIpc) is 3.40. The second-order valence-electron chi connectivity index (χ2n) is 20.5. The van der Waals surface area contributed by atoms with Gasteiger partial charge in [0.2, 0.25) is 0 Å². The van der Waals surface area contributed by atoms with Crippen LogP contribution in [0.4, 0.5) is 28.4 Å². The molecule has 0 bridgehead atoms. The molecule has 3 heteroatoms. The van der Waals surface area contributed by atoms with Crippen molar-refractivity contribution in [3.05, 3.63) is 269 Å². The number of nitrogens with zero attached hydrogens (tertiary/aromatic N) is 2. The molecule has 10 aromatic carbocycles. The van der Waals surface area contributed by atoms with E-state index in [1.165, 1.54) is 117 Å². The Morgan fingerprint density at radius 3 is 1.66 bits per heavy atom. The van der Waals surface area contributed by atoms with Gasteiger partial charge in [0.1, 0.15) is 0 Å². The number of benzene rings is 10. The second-order valence-corrected chi connectivity index (χ2v) is 20.5. The molecule has 0 spiro atoms. The standard InChI is InChI=1S/C67H53BN2/c1-44-22-20-23-45(2)63(44)49-40-55-53-32-21-34-57-65(53)70(60-35-19-18-33-56(60)67(57,50-28-14-8-15-29-50)51-30-16-9-17-31-51)68-58-38-36-48(46-24-10-6-11-25-46)41-61(58)69(62(42-49)64(55)68)59-39-37-52(66(3,4)5)43-54(59)47-26-12-7-13-27-47/h6-43H,1-5H3. The number of hydrogen-bond acceptors (Lipinski definition) is 2. The maximum absolute atomic E-state index is 2.73. The maximum Gasteiger partial charge on any atom is 0.333 e. The molecule has 3 aliphatic heterocycles. The van der Waals surface area contributed by atoms with Crippen molar-refractivity contribution >= 4 is 46.2 Å². The summed E-state index contributed by atoms with van der Waals surface area (Å²) in [6, 6.07) is 87.0. The Labute approximate surface area is 413 Å². The summed E-state index contributed by atoms with van der Waals surface area (Å²) >= 11 is 0. The molecule has 0 saturated carbocycles. The zero-order chi connectivity index (χ0) is 47.3. The summed E-state index contributed by atoms with van der Waals surface area (Å²) < 4.78 is 0. The Morgan fingerprint density at radius 2 is 0.986 bits per heavy atom. The van der Waals surface area contributed by atoms with E-state index in [1.54, 1.807) is 0 Å². The molecule has 0 aliphatic carbocycles. The molecule has 0 unspecified atom stereocenters. The van der Waals surface area contributed by atoms with Crippen LogP contribution in [0.1, 0.15) is 59.7 Å². The molecule has 0 atom stereocenters. The van der Waals surface area contributed by atoms with E-state index in [9.17, 15) is 0 Å². The van der Waals surface area contributed by atoms with Crippen molar-refractivity contribution in [2.24, 2.45) is 0 Å². The highest BCUT2D eigenvalue weighted by Gasteiger charge is 2.53. The van der Waals surface area contributed by atoms with Crippen molar-refractivity contribution in [3.63, 3.8) is 0 Å². The second kappa shape index (κ2) is 16.0. The van der Waals surface area contributed by atoms with Crippen molar-refractivity contribution in [1.29, 1.82) is 0 Å². The molecule has 10 aromatic rings. The molecule has 0 saturated heterocycles. The Bertz CT molecular complexity index is 3610. The first-order chi connectivity index (χ1) is 34.2. The number of para-hydroxylation sites is 2. The van der Waals surface area contributed by atoms with Gasteiger partial charge in [-0.15, -0.1) is 0 Å². The van der Waals surface area contributed by atoms with Gasteiger partial charge in [0, 0.05) is 33.9 Å². The molecule has 3 aliphatic rings. The summed E-state index contributed by atoms with van der Waals surface area (Å²) in [5.41, 5.74) is 26.8. The van der Waals surface area contributed by atoms with Gasteiger partial charge in [0.25, 0.3) is 0 Å². The molecule has 334 valence electrons. The van der Waals surface area contributed by atoms with E-state index in [1.807, 2.05) is 0 Å². The lowest BCUT2D eigenvalue weighted by Gasteiger charge is -2.53. The summed E-state index contributed by atoms with van der Waals surface area (Å²) in [5, 5.41) is 0. The third-order valence-corrected chi connectivity index (χ3v) is 15.5. The number of anilines is 5. The number of rotatable bonds is 6. The first kappa shape index (κ1) is 42.0. The average molecular weight is 897 g/mol. The third-order valence-electron chi connectivity index (χ3n) is 15.5. The number of aryl methyl sites for hydroxylation is 2. The molecular formula is C67H53BN2. The third kappa shape index (κ3) is 6.20. The fraction of sp³-hybridized carbons (Fsp3) is 0.104. The van der Waals surface area contributed by atoms with E-state index in [0.29, 0.717) is 0 Å². The van der Waals surface area contributed by atoms with Gasteiger partial charge in [0.15, 0.2) is 0 Å². The van der Waals surface area contributed by atoms with Gasteiger partial charge in [-0.25, -0.2) is 0 Å². The van der Waals surface area contributed by atoms with Gasteiger partial charge < -0.3 is 9.71 Å². The predicted octanol–water partition coefficient (Wildman–Crippen LogP) is 16.0. The minimum atomic E-state index is -0.592. The van der Waals surface area contributed by atoms with Crippen LogP contribution in [0, 0.1) is 13.8 Å². The first-order valence-electron chi connectivity index (χ1n) is 24.8. The Morgan fingerprint density at radius 1 is 0.400 bits per heavy atom. The van der Waals surface area contributed by atoms with Crippen molar-refractivity contribution in [3.8, 4) is 44.5 Å². The van der Waals surface area contributed by atoms with Crippen molar-refractivity contribution in [2.75, 3.05) is 9.71 Å². The summed E-state index contributed by atoms with van der Waals surface area (Å²) in [5.74, 6) is 0. The van der Waals surface area contributed by atoms with Crippen molar-refractivity contribution in [1.82, 2.24) is 0 Å². The molecule has 0 N–H and O–H groups in total. The van der Waals surface area contributed by atoms with E-state index in [4.69, 9.17) is 0 Å². The Kier molecular flexibility index (Phi) is 9.58. The van der Waals surface area contributed by atoms with Crippen LogP contribution in [0.3, 0.4) is 0 Å². The van der Waals surface area contributed by atoms with Crippen LogP contribution in [-0.2, 0) is 10.8 Å². The predicted molar refractivity (Wildman–Crippen MR) is 297 cm³/mol. The first-order valence-corrected chi connectivity index (χ1v) is 24.8. The molecular weight excluding hydrogens is 844 g/mol. The van der Waals surface area contributed by atoms with Gasteiger partial charge in [-0.1, -0.05) is 215 Å². The summed E-state index contributed by atoms with van der Waals surface area (Å²) in [6.07, 6.45) is 0. The van der Waals surface area contributed by atoms with Gasteiger partial charge >= 0.3 is 6.85 Å². The minimum absolute atomic E-state index is 0.0489. The zero-order valence-corrected chi connectivity index (χ0v) is 40.4. The highest BCUT2D eigenvalue weighted by molar-refractivity contribution is 6.93. The van der Waals surface area contributed by atoms with Crippen molar-refractivity contribution < 1.29 is 0 Å². The lowest BCUT2D eigenvalue weighted by molar-refractivity contribution is 0.590. The molecule has 3 heterocycles. The van der Waals surface area contributed by atoms with Crippen LogP contribution in [0.15, 0.2) is 231 Å². The van der Waals surface area contributed by atoms with Gasteiger partial charge in [-0.2, -0.15) is 0 Å². The summed E-state index contributed by atoms with van der Waals surface area (Å²) in [4.78, 5) is 5.36. The largest absolute Gasteiger partial charge is 0.376 e. The fourth-order valence-electron chi connectivity index (χ4n) is 12.4. The van der Waals surface area contributed by atoms with E-state index >= 15 is 0 Å². The van der Waals surface area contributed by atoms with Crippen LogP contribution in [0.2, 0.25) is 0 Å². The Balaban J connectivity index is 1.20. The lowest BCUT2D eigenvalue weighted by atomic mass is 9.42. The molecule has 0 fully saturated rings. The number of hydrogen-bond donors (Lipinski definition) is 0. The van der Waals surface area contributed by atoms with E-state index < -0.39 is 5.41 Å². The van der Waals surface area contributed by atoms with Gasteiger partial charge in [0.05, 0.1) is 11.1 Å².